The van der Waals surface area contributed by atoms with Crippen LogP contribution in [0.5, 0.6) is 0 Å². The van der Waals surface area contributed by atoms with Gasteiger partial charge in [-0.15, -0.1) is 0 Å². The van der Waals surface area contributed by atoms with Gasteiger partial charge in [-0.3, -0.25) is 4.79 Å². The number of carbonyl (C=O) groups is 1. The van der Waals surface area contributed by atoms with Crippen molar-refractivity contribution in [2.24, 2.45) is 0 Å². The molecule has 0 aliphatic carbocycles. The minimum atomic E-state index is -0.210. The number of benzene rings is 1. The second kappa shape index (κ2) is 8.67. The molecular formula is C18H22BrN3O. The molecule has 0 aliphatic rings. The lowest BCUT2D eigenvalue weighted by Crippen LogP contribution is -2.14. The first kappa shape index (κ1) is 17.5. The molecule has 0 unspecified atom stereocenters. The van der Waals surface area contributed by atoms with E-state index < -0.39 is 0 Å². The number of carbonyl (C=O) groups excluding carboxylic acids is 1. The largest absolute Gasteiger partial charge is 0.384 e. The molecule has 0 spiro atoms. The number of halogens is 1. The summed E-state index contributed by atoms with van der Waals surface area (Å²) in [5.41, 5.74) is 3.22. The highest BCUT2D eigenvalue weighted by atomic mass is 79.9. The van der Waals surface area contributed by atoms with E-state index in [1.54, 1.807) is 12.3 Å². The van der Waals surface area contributed by atoms with E-state index in [2.05, 4.69) is 38.5 Å². The fourth-order valence-electron chi connectivity index (χ4n) is 2.11. The van der Waals surface area contributed by atoms with E-state index in [1.165, 1.54) is 12.8 Å². The van der Waals surface area contributed by atoms with Crippen molar-refractivity contribution in [3.05, 3.63) is 52.3 Å². The van der Waals surface area contributed by atoms with Crippen LogP contribution in [0.25, 0.3) is 0 Å². The summed E-state index contributed by atoms with van der Waals surface area (Å²) in [6.45, 7) is 5.11. The summed E-state index contributed by atoms with van der Waals surface area (Å²) in [6, 6.07) is 9.34. The van der Waals surface area contributed by atoms with Crippen LogP contribution < -0.4 is 10.6 Å². The second-order valence-electron chi connectivity index (χ2n) is 5.48. The minimum absolute atomic E-state index is 0.210. The molecular weight excluding hydrogens is 354 g/mol. The van der Waals surface area contributed by atoms with Gasteiger partial charge in [0.25, 0.3) is 5.91 Å². The van der Waals surface area contributed by atoms with E-state index in [0.717, 1.165) is 34.4 Å². The van der Waals surface area contributed by atoms with Crippen LogP contribution in [-0.2, 0) is 0 Å². The normalized spacial score (nSPS) is 10.4. The summed E-state index contributed by atoms with van der Waals surface area (Å²) in [5, 5.41) is 6.16. The Morgan fingerprint density at radius 1 is 1.17 bits per heavy atom. The zero-order valence-corrected chi connectivity index (χ0v) is 15.1. The van der Waals surface area contributed by atoms with E-state index in [1.807, 2.05) is 31.2 Å². The van der Waals surface area contributed by atoms with E-state index >= 15 is 0 Å². The predicted octanol–water partition coefficient (Wildman–Crippen LogP) is 5.01. The fourth-order valence-corrected chi connectivity index (χ4v) is 2.49. The first-order chi connectivity index (χ1) is 11.1. The lowest BCUT2D eigenvalue weighted by atomic mass is 10.2. The molecule has 2 N–H and O–H groups in total. The van der Waals surface area contributed by atoms with Crippen molar-refractivity contribution in [2.75, 3.05) is 17.2 Å². The molecule has 0 saturated heterocycles. The second-order valence-corrected chi connectivity index (χ2v) is 6.34. The van der Waals surface area contributed by atoms with Gasteiger partial charge in [-0.2, -0.15) is 0 Å². The summed E-state index contributed by atoms with van der Waals surface area (Å²) >= 11 is 3.46. The van der Waals surface area contributed by atoms with Crippen LogP contribution in [-0.4, -0.2) is 17.4 Å². The Kier molecular flexibility index (Phi) is 6.59. The number of rotatable bonds is 7. The Hall–Kier alpha value is -1.88. The predicted molar refractivity (Wildman–Crippen MR) is 99.1 cm³/mol. The van der Waals surface area contributed by atoms with Gasteiger partial charge < -0.3 is 10.6 Å². The fraction of sp³-hybridized carbons (Fsp3) is 0.333. The first-order valence-corrected chi connectivity index (χ1v) is 8.67. The molecule has 0 atom stereocenters. The van der Waals surface area contributed by atoms with Crippen molar-refractivity contribution in [3.63, 3.8) is 0 Å². The van der Waals surface area contributed by atoms with Crippen molar-refractivity contribution in [3.8, 4) is 0 Å². The van der Waals surface area contributed by atoms with Gasteiger partial charge >= 0.3 is 0 Å². The third-order valence-corrected chi connectivity index (χ3v) is 4.39. The number of hydrogen-bond donors (Lipinski definition) is 2. The van der Waals surface area contributed by atoms with Crippen LogP contribution in [0.4, 0.5) is 11.4 Å². The average Bonchev–Trinajstić information content (AvgIpc) is 2.55. The van der Waals surface area contributed by atoms with Crippen molar-refractivity contribution in [1.29, 1.82) is 0 Å². The van der Waals surface area contributed by atoms with Crippen molar-refractivity contribution >= 4 is 33.2 Å². The molecule has 5 heteroatoms. The first-order valence-electron chi connectivity index (χ1n) is 7.87. The molecule has 1 amide bonds. The number of amides is 1. The Morgan fingerprint density at radius 3 is 2.61 bits per heavy atom. The highest BCUT2D eigenvalue weighted by molar-refractivity contribution is 9.10. The van der Waals surface area contributed by atoms with Gasteiger partial charge in [-0.05, 0) is 43.2 Å². The van der Waals surface area contributed by atoms with Gasteiger partial charge in [-0.1, -0.05) is 41.8 Å². The topological polar surface area (TPSA) is 54.0 Å². The van der Waals surface area contributed by atoms with Crippen LogP contribution in [0.15, 0.2) is 41.0 Å². The lowest BCUT2D eigenvalue weighted by molar-refractivity contribution is 0.102. The van der Waals surface area contributed by atoms with Crippen LogP contribution >= 0.6 is 15.9 Å². The maximum absolute atomic E-state index is 12.2. The van der Waals surface area contributed by atoms with Crippen molar-refractivity contribution in [2.45, 2.75) is 33.1 Å². The summed E-state index contributed by atoms with van der Waals surface area (Å²) in [5.74, 6) is -0.210. The van der Waals surface area contributed by atoms with Crippen molar-refractivity contribution < 1.29 is 4.79 Å². The molecule has 23 heavy (non-hydrogen) atoms. The molecule has 1 aromatic heterocycles. The molecule has 1 aromatic carbocycles. The maximum atomic E-state index is 12.2. The highest BCUT2D eigenvalue weighted by Gasteiger charge is 2.08. The van der Waals surface area contributed by atoms with Gasteiger partial charge in [0.1, 0.15) is 5.69 Å². The SMILES string of the molecule is CCCCCNc1ccc(C(=O)Nc2ccc(C)c(Br)c2)nc1. The molecule has 2 aromatic rings. The minimum Gasteiger partial charge on any atom is -0.384 e. The number of nitrogens with one attached hydrogen (secondary N) is 2. The molecule has 2 rings (SSSR count). The van der Waals surface area contributed by atoms with Crippen LogP contribution in [0.3, 0.4) is 0 Å². The Balaban J connectivity index is 1.93. The quantitative estimate of drug-likeness (QED) is 0.668. The number of nitrogens with zero attached hydrogens (tertiary/aromatic N) is 1. The van der Waals surface area contributed by atoms with Gasteiger partial charge in [-0.25, -0.2) is 4.98 Å². The zero-order valence-electron chi connectivity index (χ0n) is 13.5. The lowest BCUT2D eigenvalue weighted by Gasteiger charge is -2.08. The molecule has 0 saturated carbocycles. The third kappa shape index (κ3) is 5.36. The van der Waals surface area contributed by atoms with Gasteiger partial charge in [0, 0.05) is 16.7 Å². The highest BCUT2D eigenvalue weighted by Crippen LogP contribution is 2.21. The molecule has 1 heterocycles. The Morgan fingerprint density at radius 2 is 1.96 bits per heavy atom. The maximum Gasteiger partial charge on any atom is 0.274 e. The molecule has 122 valence electrons. The van der Waals surface area contributed by atoms with Crippen LogP contribution in [0, 0.1) is 6.92 Å². The van der Waals surface area contributed by atoms with Crippen LogP contribution in [0.1, 0.15) is 42.2 Å². The van der Waals surface area contributed by atoms with Gasteiger partial charge in [0.15, 0.2) is 0 Å². The number of anilines is 2. The summed E-state index contributed by atoms with van der Waals surface area (Å²) in [4.78, 5) is 16.4. The van der Waals surface area contributed by atoms with E-state index in [4.69, 9.17) is 0 Å². The average molecular weight is 376 g/mol. The number of aryl methyl sites for hydroxylation is 1. The van der Waals surface area contributed by atoms with E-state index in [0.29, 0.717) is 5.69 Å². The standard InChI is InChI=1S/C18H22BrN3O/c1-3-4-5-10-20-15-8-9-17(21-12-15)18(23)22-14-7-6-13(2)16(19)11-14/h6-9,11-12,20H,3-5,10H2,1-2H3,(H,22,23). The molecule has 0 bridgehead atoms. The number of pyridine rings is 1. The summed E-state index contributed by atoms with van der Waals surface area (Å²) in [6.07, 6.45) is 5.26. The molecule has 0 aliphatic heterocycles. The zero-order chi connectivity index (χ0) is 16.7. The number of unbranched alkanes of at least 4 members (excludes halogenated alkanes) is 2. The summed E-state index contributed by atoms with van der Waals surface area (Å²) < 4.78 is 0.967. The smallest absolute Gasteiger partial charge is 0.274 e. The van der Waals surface area contributed by atoms with Gasteiger partial charge in [0.05, 0.1) is 11.9 Å². The van der Waals surface area contributed by atoms with E-state index in [9.17, 15) is 4.79 Å². The molecule has 0 radical (unpaired) electrons. The van der Waals surface area contributed by atoms with E-state index in [-0.39, 0.29) is 5.91 Å². The van der Waals surface area contributed by atoms with Gasteiger partial charge in [0.2, 0.25) is 0 Å². The number of aromatic nitrogens is 1. The Labute approximate surface area is 145 Å². The summed E-state index contributed by atoms with van der Waals surface area (Å²) in [7, 11) is 0. The number of hydrogen-bond acceptors (Lipinski definition) is 3. The molecule has 4 nitrogen and oxygen atoms in total. The van der Waals surface area contributed by atoms with Crippen molar-refractivity contribution in [1.82, 2.24) is 4.98 Å². The molecule has 0 fully saturated rings. The third-order valence-electron chi connectivity index (χ3n) is 3.54. The monoisotopic (exact) mass is 375 g/mol. The Bertz CT molecular complexity index is 656. The van der Waals surface area contributed by atoms with Crippen LogP contribution in [0.2, 0.25) is 0 Å².